The van der Waals surface area contributed by atoms with Crippen LogP contribution in [0.15, 0.2) is 74.7 Å². The predicted octanol–water partition coefficient (Wildman–Crippen LogP) is 7.75. The van der Waals surface area contributed by atoms with E-state index in [2.05, 4.69) is 17.1 Å². The van der Waals surface area contributed by atoms with Crippen molar-refractivity contribution in [2.24, 2.45) is 0 Å². The molecular formula is C31H30ClN3O6S2. The topological polar surface area (TPSA) is 115 Å². The largest absolute Gasteiger partial charge is 0.503 e. The van der Waals surface area contributed by atoms with Gasteiger partial charge >= 0.3 is 0 Å². The van der Waals surface area contributed by atoms with Crippen LogP contribution in [0.4, 0.5) is 5.13 Å². The maximum atomic E-state index is 13.7. The highest BCUT2D eigenvalue weighted by atomic mass is 35.5. The Bertz CT molecular complexity index is 1670. The molecule has 0 saturated carbocycles. The number of furan rings is 1. The Morgan fingerprint density at radius 2 is 1.93 bits per heavy atom. The highest BCUT2D eigenvalue weighted by Crippen LogP contribution is 2.45. The number of nitrogens with zero attached hydrogens (tertiary/aromatic N) is 3. The molecule has 1 amide bonds. The van der Waals surface area contributed by atoms with Crippen LogP contribution in [0.2, 0.25) is 5.02 Å². The summed E-state index contributed by atoms with van der Waals surface area (Å²) in [4.78, 5) is 28.6. The number of thioether (sulfide) groups is 1. The van der Waals surface area contributed by atoms with Gasteiger partial charge in [-0.05, 0) is 61.7 Å². The first kappa shape index (κ1) is 30.7. The number of halogens is 1. The molecule has 0 bridgehead atoms. The quantitative estimate of drug-likeness (QED) is 0.0678. The number of aryl methyl sites for hydroxylation is 1. The first-order valence-corrected chi connectivity index (χ1v) is 16.0. The fourth-order valence-electron chi connectivity index (χ4n) is 4.56. The van der Waals surface area contributed by atoms with Gasteiger partial charge < -0.3 is 19.0 Å². The van der Waals surface area contributed by atoms with Crippen molar-refractivity contribution in [1.82, 2.24) is 10.2 Å². The Kier molecular flexibility index (Phi) is 9.74. The summed E-state index contributed by atoms with van der Waals surface area (Å²) < 4.78 is 18.0. The number of carbonyl (C=O) groups is 2. The summed E-state index contributed by atoms with van der Waals surface area (Å²) in [5.74, 6) is 0.0475. The van der Waals surface area contributed by atoms with Gasteiger partial charge in [-0.1, -0.05) is 72.3 Å². The van der Waals surface area contributed by atoms with Gasteiger partial charge in [-0.15, -0.1) is 10.2 Å². The summed E-state index contributed by atoms with van der Waals surface area (Å²) >= 11 is 8.91. The van der Waals surface area contributed by atoms with E-state index < -0.39 is 23.5 Å². The van der Waals surface area contributed by atoms with Crippen molar-refractivity contribution in [1.29, 1.82) is 0 Å². The molecule has 43 heavy (non-hydrogen) atoms. The molecule has 2 aromatic heterocycles. The van der Waals surface area contributed by atoms with E-state index in [0.29, 0.717) is 51.2 Å². The number of anilines is 1. The summed E-state index contributed by atoms with van der Waals surface area (Å²) in [5.41, 5.74) is 1.34. The van der Waals surface area contributed by atoms with E-state index in [-0.39, 0.29) is 16.5 Å². The molecule has 1 aliphatic heterocycles. The van der Waals surface area contributed by atoms with Gasteiger partial charge in [-0.25, -0.2) is 0 Å². The molecule has 2 aromatic carbocycles. The molecule has 12 heteroatoms. The fraction of sp³-hybridized carbons (Fsp3) is 0.290. The second kappa shape index (κ2) is 13.7. The van der Waals surface area contributed by atoms with Gasteiger partial charge in [0.15, 0.2) is 27.4 Å². The van der Waals surface area contributed by atoms with Crippen molar-refractivity contribution < 1.29 is 28.6 Å². The minimum atomic E-state index is -1.02. The molecule has 1 unspecified atom stereocenters. The van der Waals surface area contributed by atoms with Crippen LogP contribution >= 0.6 is 34.7 Å². The van der Waals surface area contributed by atoms with Crippen LogP contribution in [0.1, 0.15) is 60.2 Å². The third-order valence-corrected chi connectivity index (χ3v) is 9.14. The first-order valence-electron chi connectivity index (χ1n) is 13.8. The lowest BCUT2D eigenvalue weighted by Crippen LogP contribution is -2.31. The normalized spacial score (nSPS) is 14.9. The SMILES string of the molecule is CCCCOc1ccc(C2C(C(=O)c3ccc(C)o3)=C(O)C(=O)N2c2nnc(SCc3ccccc3Cl)s2)cc1OCC. The van der Waals surface area contributed by atoms with E-state index in [4.69, 9.17) is 25.5 Å². The maximum Gasteiger partial charge on any atom is 0.296 e. The van der Waals surface area contributed by atoms with E-state index in [1.165, 1.54) is 34.1 Å². The van der Waals surface area contributed by atoms with Gasteiger partial charge in [-0.2, -0.15) is 0 Å². The number of benzene rings is 2. The van der Waals surface area contributed by atoms with Gasteiger partial charge in [0.25, 0.3) is 5.91 Å². The average molecular weight is 640 g/mol. The molecular weight excluding hydrogens is 610 g/mol. The number of hydrogen-bond donors (Lipinski definition) is 1. The molecule has 1 N–H and O–H groups in total. The summed E-state index contributed by atoms with van der Waals surface area (Å²) in [7, 11) is 0. The maximum absolute atomic E-state index is 13.7. The molecule has 224 valence electrons. The van der Waals surface area contributed by atoms with Crippen molar-refractivity contribution in [3.63, 3.8) is 0 Å². The molecule has 1 atom stereocenters. The van der Waals surface area contributed by atoms with Crippen LogP contribution in [0.3, 0.4) is 0 Å². The highest BCUT2D eigenvalue weighted by Gasteiger charge is 2.47. The Morgan fingerprint density at radius 3 is 2.65 bits per heavy atom. The lowest BCUT2D eigenvalue weighted by molar-refractivity contribution is -0.117. The number of aromatic nitrogens is 2. The van der Waals surface area contributed by atoms with Crippen LogP contribution in [0.5, 0.6) is 11.5 Å². The third kappa shape index (κ3) is 6.58. The standard InChI is InChI=1S/C31H30ClN3O6S2/c1-4-6-15-40-22-14-12-19(16-24(22)39-5-2)26-25(27(36)23-13-11-18(3)41-23)28(37)29(38)35(26)30-33-34-31(43-30)42-17-20-9-7-8-10-21(20)32/h7-14,16,26,37H,4-6,15,17H2,1-3H3. The molecule has 3 heterocycles. The van der Waals surface area contributed by atoms with Gasteiger partial charge in [0.2, 0.25) is 10.9 Å². The van der Waals surface area contributed by atoms with Crippen molar-refractivity contribution in [2.45, 2.75) is 49.7 Å². The third-order valence-electron chi connectivity index (χ3n) is 6.67. The number of hydrogen-bond acceptors (Lipinski definition) is 10. The molecule has 4 aromatic rings. The van der Waals surface area contributed by atoms with E-state index in [1.807, 2.05) is 31.2 Å². The summed E-state index contributed by atoms with van der Waals surface area (Å²) in [6.07, 6.45) is 1.85. The molecule has 1 aliphatic rings. The van der Waals surface area contributed by atoms with Crippen LogP contribution in [-0.4, -0.2) is 40.2 Å². The van der Waals surface area contributed by atoms with Crippen LogP contribution in [0.25, 0.3) is 0 Å². The number of aliphatic hydroxyl groups excluding tert-OH is 1. The van der Waals surface area contributed by atoms with Crippen LogP contribution < -0.4 is 14.4 Å². The van der Waals surface area contributed by atoms with E-state index >= 15 is 0 Å². The molecule has 0 fully saturated rings. The smallest absolute Gasteiger partial charge is 0.296 e. The van der Waals surface area contributed by atoms with Crippen LogP contribution in [-0.2, 0) is 10.5 Å². The fourth-order valence-corrected chi connectivity index (χ4v) is 6.71. The van der Waals surface area contributed by atoms with Crippen molar-refractivity contribution >= 4 is 51.5 Å². The molecule has 0 aliphatic carbocycles. The van der Waals surface area contributed by atoms with E-state index in [9.17, 15) is 14.7 Å². The number of ketones is 1. The summed E-state index contributed by atoms with van der Waals surface area (Å²) in [5, 5.41) is 20.6. The van der Waals surface area contributed by atoms with Gasteiger partial charge in [0.05, 0.1) is 24.8 Å². The Balaban J connectivity index is 1.53. The number of unbranched alkanes of at least 4 members (excludes halogenated alkanes) is 1. The van der Waals surface area contributed by atoms with E-state index in [0.717, 1.165) is 18.4 Å². The second-order valence-corrected chi connectivity index (χ2v) is 12.2. The first-order chi connectivity index (χ1) is 20.8. The lowest BCUT2D eigenvalue weighted by Gasteiger charge is -2.25. The number of rotatable bonds is 13. The van der Waals surface area contributed by atoms with Crippen molar-refractivity contribution in [3.05, 3.63) is 93.6 Å². The number of ether oxygens (including phenoxy) is 2. The van der Waals surface area contributed by atoms with Crippen molar-refractivity contribution in [3.8, 4) is 11.5 Å². The van der Waals surface area contributed by atoms with Crippen LogP contribution in [0, 0.1) is 6.92 Å². The van der Waals surface area contributed by atoms with Gasteiger partial charge in [0, 0.05) is 10.8 Å². The lowest BCUT2D eigenvalue weighted by atomic mass is 9.95. The number of amides is 1. The van der Waals surface area contributed by atoms with E-state index in [1.54, 1.807) is 31.2 Å². The minimum absolute atomic E-state index is 0.0106. The monoisotopic (exact) mass is 639 g/mol. The highest BCUT2D eigenvalue weighted by molar-refractivity contribution is 8.00. The number of aliphatic hydroxyl groups is 1. The Hall–Kier alpha value is -3.80. The zero-order valence-electron chi connectivity index (χ0n) is 23.8. The summed E-state index contributed by atoms with van der Waals surface area (Å²) in [6, 6.07) is 14.9. The summed E-state index contributed by atoms with van der Waals surface area (Å²) in [6.45, 7) is 6.54. The van der Waals surface area contributed by atoms with Gasteiger partial charge in [0.1, 0.15) is 5.76 Å². The molecule has 0 radical (unpaired) electrons. The zero-order valence-corrected chi connectivity index (χ0v) is 26.2. The van der Waals surface area contributed by atoms with Gasteiger partial charge in [-0.3, -0.25) is 14.5 Å². The number of carbonyl (C=O) groups excluding carboxylic acids is 2. The molecule has 0 spiro atoms. The molecule has 9 nitrogen and oxygen atoms in total. The minimum Gasteiger partial charge on any atom is -0.503 e. The molecule has 0 saturated heterocycles. The Labute approximate surface area is 262 Å². The predicted molar refractivity (Wildman–Crippen MR) is 167 cm³/mol. The zero-order chi connectivity index (χ0) is 30.5. The Morgan fingerprint density at radius 1 is 1.12 bits per heavy atom. The van der Waals surface area contributed by atoms with Crippen molar-refractivity contribution in [2.75, 3.05) is 18.1 Å². The molecule has 5 rings (SSSR count). The average Bonchev–Trinajstić information content (AvgIpc) is 3.71. The number of Topliss-reactive ketones (excluding diaryl/α,β-unsaturated/α-hetero) is 1. The second-order valence-electron chi connectivity index (χ2n) is 9.65.